The van der Waals surface area contributed by atoms with Crippen LogP contribution in [0.4, 0.5) is 0 Å². The minimum atomic E-state index is 0.0138. The van der Waals surface area contributed by atoms with E-state index in [2.05, 4.69) is 57.9 Å². The van der Waals surface area contributed by atoms with Crippen molar-refractivity contribution in [2.45, 2.75) is 58.2 Å². The Balaban J connectivity index is 3.11. The van der Waals surface area contributed by atoms with Gasteiger partial charge in [0.25, 0.3) is 0 Å². The van der Waals surface area contributed by atoms with Gasteiger partial charge in [-0.15, -0.1) is 19.7 Å². The van der Waals surface area contributed by atoms with Crippen LogP contribution in [-0.2, 0) is 6.42 Å². The van der Waals surface area contributed by atoms with Crippen molar-refractivity contribution in [2.24, 2.45) is 0 Å². The average molecular weight is 318 g/mol. The topological polar surface area (TPSA) is 0 Å². The van der Waals surface area contributed by atoms with Crippen LogP contribution in [0.5, 0.6) is 0 Å². The van der Waals surface area contributed by atoms with Gasteiger partial charge in [0.1, 0.15) is 0 Å². The Hall–Kier alpha value is -1.76. The molecule has 2 unspecified atom stereocenters. The molecule has 1 aromatic carbocycles. The van der Waals surface area contributed by atoms with E-state index >= 15 is 0 Å². The van der Waals surface area contributed by atoms with Crippen LogP contribution >= 0.6 is 0 Å². The maximum absolute atomic E-state index is 6.27. The lowest BCUT2D eigenvalue weighted by molar-refractivity contribution is 0.778. The predicted octanol–water partition coefficient (Wildman–Crippen LogP) is 6.64. The molecule has 0 bridgehead atoms. The van der Waals surface area contributed by atoms with Gasteiger partial charge in [-0.3, -0.25) is 0 Å². The van der Waals surface area contributed by atoms with Crippen molar-refractivity contribution in [3.63, 3.8) is 0 Å². The van der Waals surface area contributed by atoms with Crippen LogP contribution in [0.3, 0.4) is 0 Å². The highest BCUT2D eigenvalue weighted by atomic mass is 14.2. The fraction of sp³-hybridized carbons (Fsp3) is 0.391. The Kier molecular flexibility index (Phi) is 8.61. The largest absolute Gasteiger partial charge is 0.103 e. The number of rotatable bonds is 10. The molecule has 0 heterocycles. The number of hydrogen-bond acceptors (Lipinski definition) is 0. The number of aryl methyl sites for hydroxylation is 1. The first-order chi connectivity index (χ1) is 11.4. The van der Waals surface area contributed by atoms with Gasteiger partial charge in [0.2, 0.25) is 0 Å². The van der Waals surface area contributed by atoms with E-state index in [0.29, 0.717) is 5.92 Å². The molecule has 0 N–H and O–H groups in total. The molecule has 1 heteroatoms. The first-order valence-corrected chi connectivity index (χ1v) is 8.81. The quantitative estimate of drug-likeness (QED) is 0.257. The molecule has 0 amide bonds. The highest BCUT2D eigenvalue weighted by Gasteiger charge is 2.15. The summed E-state index contributed by atoms with van der Waals surface area (Å²) in [7, 11) is 6.27. The van der Waals surface area contributed by atoms with E-state index < -0.39 is 0 Å². The summed E-state index contributed by atoms with van der Waals surface area (Å²) >= 11 is 0. The molecular weight excluding hydrogens is 287 g/mol. The number of allylic oxidation sites excluding steroid dienone is 5. The van der Waals surface area contributed by atoms with Gasteiger partial charge in [-0.1, -0.05) is 65.9 Å². The highest BCUT2D eigenvalue weighted by molar-refractivity contribution is 6.13. The predicted molar refractivity (Wildman–Crippen MR) is 110 cm³/mol. The molecule has 0 aliphatic carbocycles. The van der Waals surface area contributed by atoms with Crippen LogP contribution < -0.4 is 0 Å². The smallest absolute Gasteiger partial charge is 0.0763 e. The zero-order valence-electron chi connectivity index (χ0n) is 15.6. The number of hydrogen-bond donors (Lipinski definition) is 0. The fourth-order valence-electron chi connectivity index (χ4n) is 2.89. The second kappa shape index (κ2) is 10.2. The molecule has 0 nitrogen and oxygen atoms in total. The molecule has 1 rings (SSSR count). The highest BCUT2D eigenvalue weighted by Crippen LogP contribution is 2.33. The van der Waals surface area contributed by atoms with Gasteiger partial charge in [-0.2, -0.15) is 0 Å². The first-order valence-electron chi connectivity index (χ1n) is 8.81. The molecule has 0 fully saturated rings. The lowest BCUT2D eigenvalue weighted by Gasteiger charge is -2.22. The molecule has 0 aromatic heterocycles. The minimum absolute atomic E-state index is 0.0138. The van der Waals surface area contributed by atoms with E-state index in [4.69, 9.17) is 7.85 Å². The van der Waals surface area contributed by atoms with Gasteiger partial charge in [-0.05, 0) is 50.7 Å². The molecular formula is C23H31B. The third-order valence-electron chi connectivity index (χ3n) is 4.46. The summed E-state index contributed by atoms with van der Waals surface area (Å²) in [6.45, 7) is 18.1. The van der Waals surface area contributed by atoms with Crippen molar-refractivity contribution in [1.29, 1.82) is 0 Å². The molecule has 1 aromatic rings. The van der Waals surface area contributed by atoms with Crippen LogP contribution in [0, 0.1) is 6.92 Å². The summed E-state index contributed by atoms with van der Waals surface area (Å²) < 4.78 is 0. The zero-order chi connectivity index (χ0) is 18.1. The summed E-state index contributed by atoms with van der Waals surface area (Å²) in [5.41, 5.74) is 6.40. The van der Waals surface area contributed by atoms with E-state index in [1.807, 2.05) is 19.1 Å². The standard InChI is InChI=1S/C23H31B/c1-7-9-10-12-21(16-23(24)17(3)4)19(6)22-14-18(5)13-20(15-22)11-8-2/h7-8,12-15,19,23H,1-3,9-11,16H2,4-6H3/b21-12+. The lowest BCUT2D eigenvalue weighted by atomic mass is 9.74. The minimum Gasteiger partial charge on any atom is -0.103 e. The Labute approximate surface area is 150 Å². The molecule has 0 saturated carbocycles. The molecule has 0 aliphatic rings. The Bertz CT molecular complexity index is 606. The normalized spacial score (nSPS) is 14.0. The van der Waals surface area contributed by atoms with Gasteiger partial charge in [-0.25, -0.2) is 0 Å². The summed E-state index contributed by atoms with van der Waals surface area (Å²) in [5, 5.41) is 0. The number of benzene rings is 1. The van der Waals surface area contributed by atoms with Gasteiger partial charge >= 0.3 is 0 Å². The van der Waals surface area contributed by atoms with Gasteiger partial charge in [0.15, 0.2) is 0 Å². The van der Waals surface area contributed by atoms with Crippen LogP contribution in [0.15, 0.2) is 67.3 Å². The van der Waals surface area contributed by atoms with Crippen LogP contribution in [0.1, 0.15) is 55.7 Å². The average Bonchev–Trinajstić information content (AvgIpc) is 2.53. The SMILES string of the molecule is [B]C(C/C(=C\CCC=C)C(C)c1cc(C)cc(CC=C)c1)C(=C)C. The monoisotopic (exact) mass is 318 g/mol. The zero-order valence-corrected chi connectivity index (χ0v) is 15.6. The van der Waals surface area contributed by atoms with E-state index in [1.165, 1.54) is 22.3 Å². The third-order valence-corrected chi connectivity index (χ3v) is 4.46. The lowest BCUT2D eigenvalue weighted by Crippen LogP contribution is -2.05. The van der Waals surface area contributed by atoms with Crippen molar-refractivity contribution >= 4 is 7.85 Å². The molecule has 2 atom stereocenters. The van der Waals surface area contributed by atoms with Crippen LogP contribution in [0.25, 0.3) is 0 Å². The molecule has 0 spiro atoms. The van der Waals surface area contributed by atoms with Crippen molar-refractivity contribution < 1.29 is 0 Å². The van der Waals surface area contributed by atoms with Crippen molar-refractivity contribution in [2.75, 3.05) is 0 Å². The summed E-state index contributed by atoms with van der Waals surface area (Å²) in [6, 6.07) is 6.82. The molecule has 2 radical (unpaired) electrons. The molecule has 0 saturated heterocycles. The van der Waals surface area contributed by atoms with E-state index in [0.717, 1.165) is 31.3 Å². The molecule has 126 valence electrons. The second-order valence-corrected chi connectivity index (χ2v) is 6.77. The van der Waals surface area contributed by atoms with Crippen LogP contribution in [0.2, 0.25) is 5.82 Å². The van der Waals surface area contributed by atoms with E-state index in [9.17, 15) is 0 Å². The second-order valence-electron chi connectivity index (χ2n) is 6.77. The Morgan fingerprint density at radius 3 is 2.46 bits per heavy atom. The van der Waals surface area contributed by atoms with Crippen molar-refractivity contribution in [3.8, 4) is 0 Å². The summed E-state index contributed by atoms with van der Waals surface area (Å²) in [6.07, 6.45) is 10.0. The van der Waals surface area contributed by atoms with E-state index in [1.54, 1.807) is 0 Å². The Morgan fingerprint density at radius 1 is 1.17 bits per heavy atom. The molecule has 24 heavy (non-hydrogen) atoms. The first kappa shape index (κ1) is 20.3. The van der Waals surface area contributed by atoms with Crippen molar-refractivity contribution in [3.05, 3.63) is 84.0 Å². The summed E-state index contributed by atoms with van der Waals surface area (Å²) in [5.74, 6) is 0.364. The molecule has 0 aliphatic heterocycles. The van der Waals surface area contributed by atoms with Crippen molar-refractivity contribution in [1.82, 2.24) is 0 Å². The van der Waals surface area contributed by atoms with Gasteiger partial charge < -0.3 is 0 Å². The number of unbranched alkanes of at least 4 members (excludes halogenated alkanes) is 1. The van der Waals surface area contributed by atoms with Gasteiger partial charge in [0, 0.05) is 5.92 Å². The maximum atomic E-state index is 6.27. The van der Waals surface area contributed by atoms with Crippen LogP contribution in [-0.4, -0.2) is 7.85 Å². The summed E-state index contributed by atoms with van der Waals surface area (Å²) in [4.78, 5) is 0. The third kappa shape index (κ3) is 6.39. The fourth-order valence-corrected chi connectivity index (χ4v) is 2.89. The maximum Gasteiger partial charge on any atom is 0.0763 e. The van der Waals surface area contributed by atoms with Gasteiger partial charge in [0.05, 0.1) is 7.85 Å². The van der Waals surface area contributed by atoms with E-state index in [-0.39, 0.29) is 5.82 Å². The Morgan fingerprint density at radius 2 is 1.88 bits per heavy atom.